The van der Waals surface area contributed by atoms with E-state index in [0.717, 1.165) is 12.8 Å². The fraction of sp³-hybridized carbons (Fsp3) is 0.500. The predicted octanol–water partition coefficient (Wildman–Crippen LogP) is 3.83. The van der Waals surface area contributed by atoms with E-state index in [2.05, 4.69) is 25.5 Å². The summed E-state index contributed by atoms with van der Waals surface area (Å²) in [6, 6.07) is 5.23. The molecule has 0 spiro atoms. The third kappa shape index (κ3) is 5.70. The summed E-state index contributed by atoms with van der Waals surface area (Å²) >= 11 is 6.41. The van der Waals surface area contributed by atoms with E-state index >= 15 is 0 Å². The molecule has 0 unspecified atom stereocenters. The topological polar surface area (TPSA) is 109 Å². The number of hydrogen-bond donors (Lipinski definition) is 2. The Hall–Kier alpha value is -3.27. The Labute approximate surface area is 209 Å². The van der Waals surface area contributed by atoms with Crippen molar-refractivity contribution in [3.63, 3.8) is 0 Å². The van der Waals surface area contributed by atoms with Crippen LogP contribution in [0.25, 0.3) is 0 Å². The van der Waals surface area contributed by atoms with Crippen LogP contribution in [-0.2, 0) is 4.74 Å². The number of aromatic nitrogens is 2. The summed E-state index contributed by atoms with van der Waals surface area (Å²) in [4.78, 5) is 37.2. The number of hydrogen-bond acceptors (Lipinski definition) is 8. The molecule has 1 saturated heterocycles. The molecule has 3 heterocycles. The van der Waals surface area contributed by atoms with Gasteiger partial charge in [-0.3, -0.25) is 4.79 Å². The van der Waals surface area contributed by atoms with Gasteiger partial charge >= 0.3 is 6.09 Å². The third-order valence-corrected chi connectivity index (χ3v) is 6.22. The predicted molar refractivity (Wildman–Crippen MR) is 134 cm³/mol. The van der Waals surface area contributed by atoms with Gasteiger partial charge in [-0.25, -0.2) is 14.8 Å². The highest BCUT2D eigenvalue weighted by atomic mass is 35.5. The van der Waals surface area contributed by atoms with Crippen LogP contribution < -0.4 is 20.3 Å². The van der Waals surface area contributed by atoms with E-state index < -0.39 is 5.60 Å². The minimum absolute atomic E-state index is 0.213. The first kappa shape index (κ1) is 24.8. The van der Waals surface area contributed by atoms with Crippen LogP contribution in [0, 0.1) is 0 Å². The zero-order valence-electron chi connectivity index (χ0n) is 20.4. The van der Waals surface area contributed by atoms with Crippen molar-refractivity contribution >= 4 is 40.9 Å². The number of halogens is 1. The lowest BCUT2D eigenvalue weighted by Gasteiger charge is -2.41. The van der Waals surface area contributed by atoms with Crippen LogP contribution in [-0.4, -0.2) is 71.8 Å². The second-order valence-corrected chi connectivity index (χ2v) is 9.92. The zero-order valence-corrected chi connectivity index (χ0v) is 21.2. The second-order valence-electron chi connectivity index (χ2n) is 9.51. The largest absolute Gasteiger partial charge is 0.485 e. The fourth-order valence-corrected chi connectivity index (χ4v) is 4.44. The number of amides is 2. The van der Waals surface area contributed by atoms with Crippen molar-refractivity contribution in [3.05, 3.63) is 35.1 Å². The Bertz CT molecular complexity index is 1100. The van der Waals surface area contributed by atoms with Gasteiger partial charge in [0.2, 0.25) is 5.75 Å². The van der Waals surface area contributed by atoms with Crippen LogP contribution in [0.1, 0.15) is 44.0 Å². The Morgan fingerprint density at radius 2 is 1.91 bits per heavy atom. The van der Waals surface area contributed by atoms with Gasteiger partial charge < -0.3 is 29.9 Å². The van der Waals surface area contributed by atoms with Gasteiger partial charge in [0.15, 0.2) is 11.6 Å². The number of carbonyl (C=O) groups excluding carboxylic acids is 2. The summed E-state index contributed by atoms with van der Waals surface area (Å²) in [5, 5.41) is 6.19. The number of benzene rings is 1. The zero-order chi connectivity index (χ0) is 25.2. The standard InChI is InChI=1S/C24H31ClN6O4/c1-24(2,3)35-23(33)30-9-7-16(8-10-30)31-11-12-34-19-20(27-14-28-21(19)31)29-18-6-5-15(13-17(18)25)22(32)26-4/h5-6,13-14,16H,7-12H2,1-4H3,(H,26,32)(H,27,28,29). The molecule has 1 aromatic carbocycles. The van der Waals surface area contributed by atoms with Crippen LogP contribution in [0.2, 0.25) is 5.02 Å². The minimum Gasteiger partial charge on any atom is -0.485 e. The Morgan fingerprint density at radius 1 is 1.17 bits per heavy atom. The molecule has 2 aromatic rings. The minimum atomic E-state index is -0.511. The molecule has 1 fully saturated rings. The van der Waals surface area contributed by atoms with E-state index in [4.69, 9.17) is 21.1 Å². The summed E-state index contributed by atoms with van der Waals surface area (Å²) in [5.74, 6) is 1.55. The summed E-state index contributed by atoms with van der Waals surface area (Å²) in [7, 11) is 1.57. The van der Waals surface area contributed by atoms with Crippen molar-refractivity contribution < 1.29 is 19.1 Å². The second kappa shape index (κ2) is 10.2. The van der Waals surface area contributed by atoms with E-state index in [-0.39, 0.29) is 18.0 Å². The molecule has 11 heteroatoms. The lowest BCUT2D eigenvalue weighted by atomic mass is 10.0. The highest BCUT2D eigenvalue weighted by molar-refractivity contribution is 6.33. The van der Waals surface area contributed by atoms with Crippen molar-refractivity contribution in [1.82, 2.24) is 20.2 Å². The number of nitrogens with zero attached hydrogens (tertiary/aromatic N) is 4. The molecular formula is C24H31ClN6O4. The molecule has 0 aliphatic carbocycles. The van der Waals surface area contributed by atoms with Crippen LogP contribution in [0.4, 0.5) is 22.1 Å². The molecule has 2 aliphatic rings. The molecule has 4 rings (SSSR count). The Balaban J connectivity index is 1.48. The molecule has 2 amide bonds. The summed E-state index contributed by atoms with van der Waals surface area (Å²) in [5.41, 5.74) is 0.558. The molecule has 188 valence electrons. The summed E-state index contributed by atoms with van der Waals surface area (Å²) in [6.45, 7) is 8.05. The van der Waals surface area contributed by atoms with E-state index in [1.54, 1.807) is 30.1 Å². The number of rotatable bonds is 4. The van der Waals surface area contributed by atoms with Gasteiger partial charge in [-0.05, 0) is 51.8 Å². The van der Waals surface area contributed by atoms with Crippen LogP contribution >= 0.6 is 11.6 Å². The quantitative estimate of drug-likeness (QED) is 0.649. The average molecular weight is 503 g/mol. The fourth-order valence-electron chi connectivity index (χ4n) is 4.21. The lowest BCUT2D eigenvalue weighted by molar-refractivity contribution is 0.0203. The van der Waals surface area contributed by atoms with Crippen LogP contribution in [0.5, 0.6) is 5.75 Å². The van der Waals surface area contributed by atoms with Crippen LogP contribution in [0.3, 0.4) is 0 Å². The molecule has 0 atom stereocenters. The first-order valence-electron chi connectivity index (χ1n) is 11.7. The number of anilines is 3. The van der Waals surface area contributed by atoms with Crippen LogP contribution in [0.15, 0.2) is 24.5 Å². The first-order valence-corrected chi connectivity index (χ1v) is 12.0. The van der Waals surface area contributed by atoms with Gasteiger partial charge in [-0.1, -0.05) is 11.6 Å². The molecule has 0 saturated carbocycles. The van der Waals surface area contributed by atoms with E-state index in [1.165, 1.54) is 6.33 Å². The molecule has 0 radical (unpaired) electrons. The van der Waals surface area contributed by atoms with E-state index in [0.29, 0.717) is 59.9 Å². The summed E-state index contributed by atoms with van der Waals surface area (Å²) in [6.07, 6.45) is 2.83. The molecule has 2 N–H and O–H groups in total. The maximum absolute atomic E-state index is 12.4. The highest BCUT2D eigenvalue weighted by Crippen LogP contribution is 2.39. The van der Waals surface area contributed by atoms with Gasteiger partial charge in [0.1, 0.15) is 18.5 Å². The molecule has 1 aromatic heterocycles. The molecule has 0 bridgehead atoms. The number of piperidine rings is 1. The van der Waals surface area contributed by atoms with Crippen molar-refractivity contribution in [2.24, 2.45) is 0 Å². The third-order valence-electron chi connectivity index (χ3n) is 5.90. The Morgan fingerprint density at radius 3 is 2.57 bits per heavy atom. The van der Waals surface area contributed by atoms with Crippen molar-refractivity contribution in [2.75, 3.05) is 43.5 Å². The van der Waals surface area contributed by atoms with Crippen molar-refractivity contribution in [3.8, 4) is 5.75 Å². The van der Waals surface area contributed by atoms with Gasteiger partial charge in [0.25, 0.3) is 5.91 Å². The SMILES string of the molecule is CNC(=O)c1ccc(Nc2ncnc3c2OCCN3C2CCN(C(=O)OC(C)(C)C)CC2)c(Cl)c1. The molecule has 2 aliphatic heterocycles. The Kier molecular flexibility index (Phi) is 7.20. The number of ether oxygens (including phenoxy) is 2. The number of likely N-dealkylation sites (tertiary alicyclic amines) is 1. The van der Waals surface area contributed by atoms with E-state index in [1.807, 2.05) is 20.8 Å². The molecule has 35 heavy (non-hydrogen) atoms. The number of nitrogens with one attached hydrogen (secondary N) is 2. The maximum Gasteiger partial charge on any atom is 0.410 e. The van der Waals surface area contributed by atoms with Gasteiger partial charge in [0.05, 0.1) is 17.3 Å². The number of carbonyl (C=O) groups is 2. The molecule has 10 nitrogen and oxygen atoms in total. The van der Waals surface area contributed by atoms with E-state index in [9.17, 15) is 9.59 Å². The first-order chi connectivity index (χ1) is 16.7. The van der Waals surface area contributed by atoms with Gasteiger partial charge in [-0.2, -0.15) is 0 Å². The monoisotopic (exact) mass is 502 g/mol. The summed E-state index contributed by atoms with van der Waals surface area (Å²) < 4.78 is 11.5. The normalized spacial score (nSPS) is 16.3. The average Bonchev–Trinajstić information content (AvgIpc) is 2.83. The number of fused-ring (bicyclic) bond motifs is 1. The highest BCUT2D eigenvalue weighted by Gasteiger charge is 2.33. The molecular weight excluding hydrogens is 472 g/mol. The van der Waals surface area contributed by atoms with Gasteiger partial charge in [0, 0.05) is 31.7 Å². The van der Waals surface area contributed by atoms with Crippen molar-refractivity contribution in [2.45, 2.75) is 45.3 Å². The van der Waals surface area contributed by atoms with Gasteiger partial charge in [-0.15, -0.1) is 0 Å². The smallest absolute Gasteiger partial charge is 0.410 e. The van der Waals surface area contributed by atoms with Crippen molar-refractivity contribution in [1.29, 1.82) is 0 Å². The lowest BCUT2D eigenvalue weighted by Crippen LogP contribution is -2.50. The maximum atomic E-state index is 12.4.